The monoisotopic (exact) mass is 1110 g/mol. The van der Waals surface area contributed by atoms with Crippen molar-refractivity contribution in [3.8, 4) is 0 Å². The molecule has 9 heteroatoms. The highest BCUT2D eigenvalue weighted by Gasteiger charge is 2.23. The molecule has 79 heavy (non-hydrogen) atoms. The zero-order chi connectivity index (χ0) is 57.7. The zero-order valence-corrected chi connectivity index (χ0v) is 52.2. The minimum atomic E-state index is -4.62. The SMILES string of the molecule is CC/C=C\C/C=C\C/C=C\C/C=C\C/C=C\C/C=C\C/C=C\C/C=C\C/C=C\CCCCCCCCCCCCCC(=O)NC(COP(=O)([O-])OCC[N+](C)(C)C)C(O)/C=C/CC/C=C/CC/C=C/CCCCCCCCCC. The lowest BCUT2D eigenvalue weighted by Gasteiger charge is -2.29. The zero-order valence-electron chi connectivity index (χ0n) is 51.3. The van der Waals surface area contributed by atoms with E-state index in [0.717, 1.165) is 109 Å². The molecule has 8 nitrogen and oxygen atoms in total. The predicted octanol–water partition coefficient (Wildman–Crippen LogP) is 19.4. The van der Waals surface area contributed by atoms with E-state index in [1.807, 2.05) is 27.2 Å². The Balaban J connectivity index is 4.16. The summed E-state index contributed by atoms with van der Waals surface area (Å²) in [5.74, 6) is -0.220. The molecule has 0 saturated carbocycles. The van der Waals surface area contributed by atoms with Crippen molar-refractivity contribution >= 4 is 13.7 Å². The van der Waals surface area contributed by atoms with Gasteiger partial charge in [0.2, 0.25) is 5.91 Å². The molecule has 0 heterocycles. The van der Waals surface area contributed by atoms with Crippen LogP contribution < -0.4 is 10.2 Å². The molecule has 0 saturated heterocycles. The highest BCUT2D eigenvalue weighted by Crippen LogP contribution is 2.38. The van der Waals surface area contributed by atoms with Crippen molar-refractivity contribution in [2.24, 2.45) is 0 Å². The minimum Gasteiger partial charge on any atom is -0.756 e. The molecule has 0 aliphatic heterocycles. The van der Waals surface area contributed by atoms with Gasteiger partial charge in [0, 0.05) is 6.42 Å². The summed E-state index contributed by atoms with van der Waals surface area (Å²) in [7, 11) is 1.22. The van der Waals surface area contributed by atoms with E-state index in [4.69, 9.17) is 9.05 Å². The fourth-order valence-electron chi connectivity index (χ4n) is 8.35. The van der Waals surface area contributed by atoms with E-state index < -0.39 is 26.6 Å². The molecular weight excluding hydrogens is 996 g/mol. The number of phosphoric ester groups is 1. The fraction of sp³-hybridized carbons (Fsp3) is 0.643. The molecular formula is C70H119N2O6P. The molecule has 0 spiro atoms. The molecule has 0 aromatic rings. The van der Waals surface area contributed by atoms with E-state index in [0.29, 0.717) is 17.4 Å². The highest BCUT2D eigenvalue weighted by atomic mass is 31.2. The molecule has 0 aliphatic rings. The molecule has 0 rings (SSSR count). The van der Waals surface area contributed by atoms with Gasteiger partial charge in [-0.15, -0.1) is 0 Å². The second-order valence-electron chi connectivity index (χ2n) is 22.0. The molecule has 1 amide bonds. The Morgan fingerprint density at radius 1 is 0.456 bits per heavy atom. The number of allylic oxidation sites excluding steroid dienone is 23. The van der Waals surface area contributed by atoms with Gasteiger partial charge in [-0.3, -0.25) is 9.36 Å². The van der Waals surface area contributed by atoms with E-state index in [9.17, 15) is 19.4 Å². The maximum Gasteiger partial charge on any atom is 0.268 e. The lowest BCUT2D eigenvalue weighted by Crippen LogP contribution is -2.45. The van der Waals surface area contributed by atoms with Crippen molar-refractivity contribution in [1.29, 1.82) is 0 Å². The molecule has 0 aromatic carbocycles. The Labute approximate surface area is 487 Å². The smallest absolute Gasteiger partial charge is 0.268 e. The van der Waals surface area contributed by atoms with Crippen molar-refractivity contribution < 1.29 is 32.9 Å². The Kier molecular flexibility index (Phi) is 56.3. The number of likely N-dealkylation sites (N-methyl/N-ethyl adjacent to an activating group) is 1. The average Bonchev–Trinajstić information content (AvgIpc) is 3.42. The Hall–Kier alpha value is -3.62. The van der Waals surface area contributed by atoms with Crippen LogP contribution in [0.25, 0.3) is 0 Å². The van der Waals surface area contributed by atoms with Crippen LogP contribution in [0.3, 0.4) is 0 Å². The molecule has 0 fully saturated rings. The summed E-state index contributed by atoms with van der Waals surface area (Å²) in [5, 5.41) is 13.9. The topological polar surface area (TPSA) is 108 Å². The summed E-state index contributed by atoms with van der Waals surface area (Å²) in [6, 6.07) is -0.922. The van der Waals surface area contributed by atoms with Crippen LogP contribution >= 0.6 is 7.82 Å². The van der Waals surface area contributed by atoms with Gasteiger partial charge in [-0.2, -0.15) is 0 Å². The number of nitrogens with one attached hydrogen (secondary N) is 1. The third-order valence-corrected chi connectivity index (χ3v) is 14.2. The lowest BCUT2D eigenvalue weighted by molar-refractivity contribution is -0.870. The summed E-state index contributed by atoms with van der Waals surface area (Å²) in [5.41, 5.74) is 0. The van der Waals surface area contributed by atoms with Crippen LogP contribution in [0.2, 0.25) is 0 Å². The summed E-state index contributed by atoms with van der Waals surface area (Å²) in [6.45, 7) is 4.49. The second-order valence-corrected chi connectivity index (χ2v) is 23.4. The number of rotatable bonds is 56. The lowest BCUT2D eigenvalue weighted by atomic mass is 10.0. The van der Waals surface area contributed by atoms with Gasteiger partial charge in [0.15, 0.2) is 0 Å². The van der Waals surface area contributed by atoms with Crippen LogP contribution in [0, 0.1) is 0 Å². The first-order chi connectivity index (χ1) is 38.5. The van der Waals surface area contributed by atoms with Gasteiger partial charge in [0.1, 0.15) is 13.2 Å². The number of carbonyl (C=O) groups is 1. The molecule has 3 unspecified atom stereocenters. The Bertz CT molecular complexity index is 1790. The Morgan fingerprint density at radius 2 is 0.785 bits per heavy atom. The predicted molar refractivity (Wildman–Crippen MR) is 343 cm³/mol. The number of quaternary nitrogens is 1. The van der Waals surface area contributed by atoms with Crippen molar-refractivity contribution in [3.63, 3.8) is 0 Å². The summed E-state index contributed by atoms with van der Waals surface area (Å²) >= 11 is 0. The van der Waals surface area contributed by atoms with Crippen LogP contribution in [0.15, 0.2) is 146 Å². The van der Waals surface area contributed by atoms with Crippen molar-refractivity contribution in [1.82, 2.24) is 5.32 Å². The third-order valence-electron chi connectivity index (χ3n) is 13.3. The molecule has 0 aromatic heterocycles. The van der Waals surface area contributed by atoms with Gasteiger partial charge in [0.05, 0.1) is 39.9 Å². The summed E-state index contributed by atoms with van der Waals surface area (Å²) in [6.07, 6.45) is 90.8. The maximum atomic E-state index is 13.0. The molecule has 0 aliphatic carbocycles. The number of aliphatic hydroxyl groups excluding tert-OH is 1. The first-order valence-electron chi connectivity index (χ1n) is 31.7. The van der Waals surface area contributed by atoms with Crippen LogP contribution in [-0.4, -0.2) is 68.5 Å². The van der Waals surface area contributed by atoms with Gasteiger partial charge >= 0.3 is 0 Å². The number of carbonyl (C=O) groups excluding carboxylic acids is 1. The van der Waals surface area contributed by atoms with Crippen molar-refractivity contribution in [2.75, 3.05) is 40.9 Å². The van der Waals surface area contributed by atoms with Crippen LogP contribution in [0.1, 0.15) is 239 Å². The molecule has 3 atom stereocenters. The molecule has 0 radical (unpaired) electrons. The van der Waals surface area contributed by atoms with E-state index in [2.05, 4.69) is 153 Å². The van der Waals surface area contributed by atoms with Crippen LogP contribution in [0.4, 0.5) is 0 Å². The molecule has 450 valence electrons. The summed E-state index contributed by atoms with van der Waals surface area (Å²) in [4.78, 5) is 25.5. The number of hydrogen-bond acceptors (Lipinski definition) is 6. The molecule has 2 N–H and O–H groups in total. The fourth-order valence-corrected chi connectivity index (χ4v) is 9.08. The number of hydrogen-bond donors (Lipinski definition) is 2. The van der Waals surface area contributed by atoms with Gasteiger partial charge in [-0.05, 0) is 116 Å². The second kappa shape index (κ2) is 59.0. The first-order valence-corrected chi connectivity index (χ1v) is 33.2. The van der Waals surface area contributed by atoms with E-state index >= 15 is 0 Å². The Morgan fingerprint density at radius 3 is 1.18 bits per heavy atom. The van der Waals surface area contributed by atoms with Crippen molar-refractivity contribution in [2.45, 2.75) is 251 Å². The van der Waals surface area contributed by atoms with E-state index in [1.165, 1.54) is 109 Å². The van der Waals surface area contributed by atoms with Crippen molar-refractivity contribution in [3.05, 3.63) is 146 Å². The number of aliphatic hydroxyl groups is 1. The molecule has 0 bridgehead atoms. The number of amides is 1. The standard InChI is InChI=1S/C70H119N2O6P/c1-6-8-10-12-14-16-18-20-22-24-26-27-28-29-30-31-32-33-34-35-36-37-38-39-40-41-42-43-44-45-46-48-50-52-54-56-58-60-62-64-70(74)71-68(67-78-79(75,76)77-66-65-72(3,4)5)69(73)63-61-59-57-55-53-51-49-47-25-23-21-19-17-15-13-11-9-7-2/h8,10,14,16,20,22,25-27,29-30,32-33,35-36,38-39,41-42,47,53,55,61,63,68-69,73H,6-7,9,11-13,15,17-19,21,23-24,28,31,34,37,40,43-46,48-52,54,56-60,62,64-67H2,1-5H3,(H-,71,74,75,76)/b10-8-,16-14-,22-20-,27-26-,30-29-,33-32-,36-35-,39-38-,42-41-,47-25+,55-53+,63-61+. The quantitative estimate of drug-likeness (QED) is 0.0272. The maximum absolute atomic E-state index is 13.0. The number of phosphoric acid groups is 1. The third kappa shape index (κ3) is 61.8. The van der Waals surface area contributed by atoms with Crippen LogP contribution in [0.5, 0.6) is 0 Å². The first kappa shape index (κ1) is 75.4. The highest BCUT2D eigenvalue weighted by molar-refractivity contribution is 7.45. The van der Waals surface area contributed by atoms with Gasteiger partial charge in [-0.25, -0.2) is 0 Å². The minimum absolute atomic E-state index is 0.0162. The van der Waals surface area contributed by atoms with Gasteiger partial charge in [0.25, 0.3) is 7.82 Å². The van der Waals surface area contributed by atoms with Gasteiger partial charge < -0.3 is 28.8 Å². The van der Waals surface area contributed by atoms with Gasteiger partial charge in [-0.1, -0.05) is 262 Å². The van der Waals surface area contributed by atoms with Crippen LogP contribution in [-0.2, 0) is 18.4 Å². The average molecular weight is 1120 g/mol. The van der Waals surface area contributed by atoms with E-state index in [-0.39, 0.29) is 12.5 Å². The summed E-state index contributed by atoms with van der Waals surface area (Å²) < 4.78 is 23.3. The normalized spacial score (nSPS) is 14.8. The number of nitrogens with zero attached hydrogens (tertiary/aromatic N) is 1. The number of unbranched alkanes of at least 4 members (excludes halogenated alkanes) is 21. The largest absolute Gasteiger partial charge is 0.756 e. The van der Waals surface area contributed by atoms with E-state index in [1.54, 1.807) is 6.08 Å².